The van der Waals surface area contributed by atoms with E-state index in [9.17, 15) is 0 Å². The van der Waals surface area contributed by atoms with Gasteiger partial charge in [-0.2, -0.15) is 0 Å². The third kappa shape index (κ3) is 3.51. The third-order valence-electron chi connectivity index (χ3n) is 4.53. The number of hydrogen-bond acceptors (Lipinski definition) is 3. The van der Waals surface area contributed by atoms with E-state index in [1.807, 2.05) is 20.0 Å². The zero-order chi connectivity index (χ0) is 14.8. The topological polar surface area (TPSA) is 48.1 Å². The second kappa shape index (κ2) is 6.13. The first kappa shape index (κ1) is 15.3. The van der Waals surface area contributed by atoms with Crippen LogP contribution in [0.25, 0.3) is 0 Å². The van der Waals surface area contributed by atoms with Crippen LogP contribution in [0.5, 0.6) is 5.75 Å². The molecule has 20 heavy (non-hydrogen) atoms. The number of nitrogens with two attached hydrogens (primary N) is 1. The van der Waals surface area contributed by atoms with E-state index in [0.29, 0.717) is 0 Å². The molecule has 0 radical (unpaired) electrons. The highest BCUT2D eigenvalue weighted by Crippen LogP contribution is 2.40. The quantitative estimate of drug-likeness (QED) is 0.908. The van der Waals surface area contributed by atoms with Crippen molar-refractivity contribution in [3.8, 4) is 5.75 Å². The average Bonchev–Trinajstić information content (AvgIpc) is 2.39. The summed E-state index contributed by atoms with van der Waals surface area (Å²) >= 11 is 0. The molecule has 0 bridgehead atoms. The molecule has 3 nitrogen and oxygen atoms in total. The summed E-state index contributed by atoms with van der Waals surface area (Å²) in [5, 5.41) is 0. The second-order valence-corrected chi connectivity index (χ2v) is 6.81. The van der Waals surface area contributed by atoms with Crippen LogP contribution in [-0.4, -0.2) is 11.1 Å². The molecular formula is C17H28N2O. The summed E-state index contributed by atoms with van der Waals surface area (Å²) in [7, 11) is 0. The van der Waals surface area contributed by atoms with Crippen molar-refractivity contribution < 1.29 is 4.74 Å². The smallest absolute Gasteiger partial charge is 0.138 e. The molecule has 0 spiro atoms. The highest BCUT2D eigenvalue weighted by Gasteiger charge is 2.34. The molecule has 1 aliphatic carbocycles. The van der Waals surface area contributed by atoms with E-state index in [1.54, 1.807) is 6.20 Å². The second-order valence-electron chi connectivity index (χ2n) is 6.81. The minimum atomic E-state index is -0.227. The molecule has 0 saturated heterocycles. The Morgan fingerprint density at radius 3 is 2.40 bits per heavy atom. The van der Waals surface area contributed by atoms with Crippen LogP contribution in [0.3, 0.4) is 0 Å². The van der Waals surface area contributed by atoms with Gasteiger partial charge in [-0.05, 0) is 63.0 Å². The summed E-state index contributed by atoms with van der Waals surface area (Å²) in [6.45, 7) is 8.68. The molecule has 3 heteroatoms. The lowest BCUT2D eigenvalue weighted by molar-refractivity contribution is 0.194. The molecule has 112 valence electrons. The summed E-state index contributed by atoms with van der Waals surface area (Å²) in [6.07, 6.45) is 8.35. The van der Waals surface area contributed by atoms with Crippen LogP contribution in [0.4, 0.5) is 0 Å². The van der Waals surface area contributed by atoms with Crippen LogP contribution in [0.2, 0.25) is 0 Å². The highest BCUT2D eigenvalue weighted by molar-refractivity contribution is 5.29. The van der Waals surface area contributed by atoms with Crippen molar-refractivity contribution in [2.45, 2.75) is 65.0 Å². The standard InChI is InChI=1S/C17H28N2O/c1-12(2)14-5-7-17(18,8-6-14)15-9-16(11-19-10-15)20-13(3)4/h9-14H,5-8,18H2,1-4H3. The molecule has 1 saturated carbocycles. The lowest BCUT2D eigenvalue weighted by Crippen LogP contribution is -2.41. The van der Waals surface area contributed by atoms with Crippen molar-refractivity contribution in [3.05, 3.63) is 24.0 Å². The molecule has 0 atom stereocenters. The number of rotatable bonds is 4. The predicted molar refractivity (Wildman–Crippen MR) is 82.7 cm³/mol. The van der Waals surface area contributed by atoms with Crippen LogP contribution < -0.4 is 10.5 Å². The van der Waals surface area contributed by atoms with Crippen LogP contribution in [0, 0.1) is 11.8 Å². The summed E-state index contributed by atoms with van der Waals surface area (Å²) in [5.41, 5.74) is 7.54. The number of nitrogens with zero attached hydrogens (tertiary/aromatic N) is 1. The van der Waals surface area contributed by atoms with Gasteiger partial charge in [0.2, 0.25) is 0 Å². The summed E-state index contributed by atoms with van der Waals surface area (Å²) in [6, 6.07) is 2.07. The predicted octanol–water partition coefficient (Wildman–Crippen LogP) is 3.87. The monoisotopic (exact) mass is 276 g/mol. The Balaban J connectivity index is 2.11. The van der Waals surface area contributed by atoms with Gasteiger partial charge in [-0.25, -0.2) is 0 Å². The lowest BCUT2D eigenvalue weighted by atomic mass is 9.71. The van der Waals surface area contributed by atoms with Gasteiger partial charge < -0.3 is 10.5 Å². The largest absolute Gasteiger partial charge is 0.489 e. The van der Waals surface area contributed by atoms with Crippen molar-refractivity contribution in [2.75, 3.05) is 0 Å². The Kier molecular flexibility index (Phi) is 4.69. The number of aromatic nitrogens is 1. The third-order valence-corrected chi connectivity index (χ3v) is 4.53. The minimum absolute atomic E-state index is 0.164. The number of pyridine rings is 1. The first-order valence-corrected chi connectivity index (χ1v) is 7.82. The van der Waals surface area contributed by atoms with Crippen molar-refractivity contribution in [2.24, 2.45) is 17.6 Å². The maximum absolute atomic E-state index is 6.65. The molecule has 1 aromatic rings. The van der Waals surface area contributed by atoms with Crippen molar-refractivity contribution in [3.63, 3.8) is 0 Å². The molecular weight excluding hydrogens is 248 g/mol. The van der Waals surface area contributed by atoms with Gasteiger partial charge in [0.15, 0.2) is 0 Å². The van der Waals surface area contributed by atoms with E-state index >= 15 is 0 Å². The Hall–Kier alpha value is -1.09. The van der Waals surface area contributed by atoms with Gasteiger partial charge in [0, 0.05) is 11.7 Å². The summed E-state index contributed by atoms with van der Waals surface area (Å²) in [4.78, 5) is 4.31. The molecule has 0 aliphatic heterocycles. The molecule has 1 heterocycles. The fourth-order valence-corrected chi connectivity index (χ4v) is 3.14. The van der Waals surface area contributed by atoms with Crippen LogP contribution >= 0.6 is 0 Å². The fraction of sp³-hybridized carbons (Fsp3) is 0.706. The fourth-order valence-electron chi connectivity index (χ4n) is 3.14. The Bertz CT molecular complexity index is 434. The summed E-state index contributed by atoms with van der Waals surface area (Å²) < 4.78 is 5.73. The molecule has 1 aliphatic rings. The SMILES string of the molecule is CC(C)Oc1cncc(C2(N)CCC(C(C)C)CC2)c1. The lowest BCUT2D eigenvalue weighted by Gasteiger charge is -2.39. The Labute approximate surface area is 122 Å². The van der Waals surface area contributed by atoms with Crippen molar-refractivity contribution >= 4 is 0 Å². The van der Waals surface area contributed by atoms with Gasteiger partial charge in [0.25, 0.3) is 0 Å². The first-order valence-electron chi connectivity index (χ1n) is 7.82. The van der Waals surface area contributed by atoms with Crippen LogP contribution in [-0.2, 0) is 5.54 Å². The van der Waals surface area contributed by atoms with Gasteiger partial charge in [-0.3, -0.25) is 4.98 Å². The molecule has 1 fully saturated rings. The van der Waals surface area contributed by atoms with E-state index in [1.165, 1.54) is 12.8 Å². The number of hydrogen-bond donors (Lipinski definition) is 1. The molecule has 0 unspecified atom stereocenters. The Morgan fingerprint density at radius 1 is 1.20 bits per heavy atom. The average molecular weight is 276 g/mol. The van der Waals surface area contributed by atoms with Gasteiger partial charge in [-0.1, -0.05) is 13.8 Å². The molecule has 0 amide bonds. The zero-order valence-corrected chi connectivity index (χ0v) is 13.2. The van der Waals surface area contributed by atoms with Crippen LogP contribution in [0.15, 0.2) is 18.5 Å². The zero-order valence-electron chi connectivity index (χ0n) is 13.2. The van der Waals surface area contributed by atoms with Crippen molar-refractivity contribution in [1.29, 1.82) is 0 Å². The highest BCUT2D eigenvalue weighted by atomic mass is 16.5. The van der Waals surface area contributed by atoms with E-state index in [-0.39, 0.29) is 11.6 Å². The molecule has 2 N–H and O–H groups in total. The van der Waals surface area contributed by atoms with E-state index in [4.69, 9.17) is 10.5 Å². The summed E-state index contributed by atoms with van der Waals surface area (Å²) in [5.74, 6) is 2.40. The van der Waals surface area contributed by atoms with E-state index < -0.39 is 0 Å². The molecule has 0 aromatic carbocycles. The minimum Gasteiger partial charge on any atom is -0.489 e. The van der Waals surface area contributed by atoms with E-state index in [0.717, 1.165) is 36.0 Å². The Morgan fingerprint density at radius 2 is 1.85 bits per heavy atom. The van der Waals surface area contributed by atoms with E-state index in [2.05, 4.69) is 24.9 Å². The number of ether oxygens (including phenoxy) is 1. The van der Waals surface area contributed by atoms with Gasteiger partial charge in [0.05, 0.1) is 12.3 Å². The van der Waals surface area contributed by atoms with Crippen LogP contribution in [0.1, 0.15) is 58.9 Å². The van der Waals surface area contributed by atoms with Gasteiger partial charge in [0.1, 0.15) is 5.75 Å². The van der Waals surface area contributed by atoms with Gasteiger partial charge in [-0.15, -0.1) is 0 Å². The maximum Gasteiger partial charge on any atom is 0.138 e. The normalized spacial score (nSPS) is 27.1. The van der Waals surface area contributed by atoms with Gasteiger partial charge >= 0.3 is 0 Å². The van der Waals surface area contributed by atoms with Crippen molar-refractivity contribution in [1.82, 2.24) is 4.98 Å². The molecule has 2 rings (SSSR count). The maximum atomic E-state index is 6.65. The molecule has 1 aromatic heterocycles. The first-order chi connectivity index (χ1) is 9.40.